The molecule has 3 aromatic carbocycles. The van der Waals surface area contributed by atoms with Crippen LogP contribution in [0.3, 0.4) is 0 Å². The summed E-state index contributed by atoms with van der Waals surface area (Å²) in [4.78, 5) is 22.1. The minimum Gasteiger partial charge on any atom is -0.147 e. The molecule has 0 aliphatic carbocycles. The number of hydrogen-bond acceptors (Lipinski definition) is 5. The van der Waals surface area contributed by atoms with E-state index in [1.54, 1.807) is 7.11 Å². The van der Waals surface area contributed by atoms with E-state index in [0.717, 1.165) is 37.7 Å². The molecule has 0 saturated heterocycles. The zero-order chi connectivity index (χ0) is 28.2. The molecule has 2 aliphatic rings. The standard InChI is InChI=1S/C31H30AsCl2N3O2S.2ClH/c1-32(2)16-17-35-30(38)28-24(18-20-10-5-4-6-11-20)36-31-37(29(28)21-12-7-8-15-25(21)39-3)19-26(40-31)27-22(33)13-9-14-23(27)34;;/h4-15,19,29H,16-18H2,1-3H3,(H,35,38);2*1H. The molecule has 11 heteroatoms. The van der Waals surface area contributed by atoms with E-state index in [1.807, 2.05) is 66.9 Å². The first-order valence-electron chi connectivity index (χ1n) is 12.9. The van der Waals surface area contributed by atoms with Gasteiger partial charge in [0.1, 0.15) is 0 Å². The van der Waals surface area contributed by atoms with Crippen molar-refractivity contribution < 1.29 is 9.53 Å². The number of aliphatic imine (C=N–C) groups is 1. The van der Waals surface area contributed by atoms with E-state index in [4.69, 9.17) is 32.9 Å². The average molecular weight is 727 g/mol. The first-order valence-corrected chi connectivity index (χ1v) is 19.6. The smallest absolute Gasteiger partial charge is 0.147 e. The first-order chi connectivity index (χ1) is 19.4. The Morgan fingerprint density at radius 2 is 1.67 bits per heavy atom. The molecule has 5 nitrogen and oxygen atoms in total. The Morgan fingerprint density at radius 3 is 2.33 bits per heavy atom. The Labute approximate surface area is 278 Å². The van der Waals surface area contributed by atoms with Crippen LogP contribution >= 0.6 is 59.8 Å². The molecule has 1 amide bonds. The van der Waals surface area contributed by atoms with Crippen LogP contribution in [0.4, 0.5) is 0 Å². The number of ether oxygens (including phenoxy) is 1. The third-order valence-electron chi connectivity index (χ3n) is 6.72. The maximum absolute atomic E-state index is 14.1. The molecular weight excluding hydrogens is 695 g/mol. The van der Waals surface area contributed by atoms with Crippen molar-refractivity contribution in [2.75, 3.05) is 13.7 Å². The van der Waals surface area contributed by atoms with Gasteiger partial charge in [0.25, 0.3) is 0 Å². The van der Waals surface area contributed by atoms with Gasteiger partial charge in [0.05, 0.1) is 0 Å². The molecule has 2 heterocycles. The second kappa shape index (κ2) is 15.6. The minimum atomic E-state index is -0.896. The van der Waals surface area contributed by atoms with Crippen LogP contribution in [0.5, 0.6) is 5.75 Å². The number of carbonyl (C=O) groups is 1. The third-order valence-corrected chi connectivity index (χ3v) is 10.7. The van der Waals surface area contributed by atoms with E-state index in [-0.39, 0.29) is 30.7 Å². The van der Waals surface area contributed by atoms with Crippen molar-refractivity contribution in [2.24, 2.45) is 4.99 Å². The van der Waals surface area contributed by atoms with Gasteiger partial charge in [-0.15, -0.1) is 24.8 Å². The van der Waals surface area contributed by atoms with Crippen LogP contribution in [0.2, 0.25) is 26.7 Å². The van der Waals surface area contributed by atoms with Gasteiger partial charge in [-0.1, -0.05) is 6.07 Å². The van der Waals surface area contributed by atoms with Gasteiger partial charge in [0.2, 0.25) is 0 Å². The van der Waals surface area contributed by atoms with E-state index < -0.39 is 20.7 Å². The number of halogens is 4. The molecular formula is C31H32AsCl4N3O2S. The van der Waals surface area contributed by atoms with E-state index in [0.29, 0.717) is 34.3 Å². The zero-order valence-corrected chi connectivity index (χ0v) is 29.2. The van der Waals surface area contributed by atoms with Gasteiger partial charge in [-0.25, -0.2) is 0 Å². The number of methoxy groups -OCH3 is 1. The summed E-state index contributed by atoms with van der Waals surface area (Å²) in [5, 5.41) is 6.13. The molecule has 0 radical (unpaired) electrons. The molecule has 222 valence electrons. The van der Waals surface area contributed by atoms with Crippen molar-refractivity contribution in [3.63, 3.8) is 0 Å². The van der Waals surface area contributed by atoms with Crippen molar-refractivity contribution in [3.8, 4) is 5.75 Å². The fourth-order valence-electron chi connectivity index (χ4n) is 4.81. The summed E-state index contributed by atoms with van der Waals surface area (Å²) in [7, 11) is 1.65. The summed E-state index contributed by atoms with van der Waals surface area (Å²) in [5.74, 6) is 0.596. The molecule has 0 fully saturated rings. The van der Waals surface area contributed by atoms with Crippen molar-refractivity contribution in [1.29, 1.82) is 0 Å². The zero-order valence-electron chi connectivity index (χ0n) is 23.3. The second-order valence-corrected chi connectivity index (χ2v) is 17.0. The van der Waals surface area contributed by atoms with Crippen LogP contribution in [-0.2, 0) is 11.2 Å². The van der Waals surface area contributed by atoms with Crippen molar-refractivity contribution >= 4 is 90.4 Å². The number of benzene rings is 3. The maximum atomic E-state index is 14.1. The van der Waals surface area contributed by atoms with Gasteiger partial charge >= 0.3 is 250 Å². The normalized spacial score (nSPS) is 15.8. The number of hydrogen-bond donors (Lipinski definition) is 1. The van der Waals surface area contributed by atoms with Gasteiger partial charge < -0.3 is 0 Å². The molecule has 3 aromatic rings. The summed E-state index contributed by atoms with van der Waals surface area (Å²) >= 11 is 13.8. The van der Waals surface area contributed by atoms with Crippen molar-refractivity contribution in [1.82, 2.24) is 10.2 Å². The van der Waals surface area contributed by atoms with Crippen molar-refractivity contribution in [2.45, 2.75) is 29.1 Å². The van der Waals surface area contributed by atoms with Crippen LogP contribution < -0.4 is 10.1 Å². The van der Waals surface area contributed by atoms with Crippen LogP contribution in [0, 0.1) is 0 Å². The Balaban J connectivity index is 0.00000242. The number of thioether (sulfide) groups is 1. The predicted octanol–water partition coefficient (Wildman–Crippen LogP) is 8.67. The molecule has 0 aromatic heterocycles. The average Bonchev–Trinajstić information content (AvgIpc) is 3.35. The Morgan fingerprint density at radius 1 is 1.00 bits per heavy atom. The Kier molecular flexibility index (Phi) is 12.8. The van der Waals surface area contributed by atoms with Crippen LogP contribution in [0.25, 0.3) is 4.91 Å². The monoisotopic (exact) mass is 725 g/mol. The summed E-state index contributed by atoms with van der Waals surface area (Å²) in [5.41, 5.74) is 8.66. The van der Waals surface area contributed by atoms with E-state index in [9.17, 15) is 4.79 Å². The SMILES string of the molecule is COc1ccccc1C1C(C(=O)NCC[As](C)C)=C(Cc2ccccc2)N=C2SC(c3c(Cl)cccc3Cl)=CN21.Cl.Cl. The number of nitrogens with zero attached hydrogens (tertiary/aromatic N) is 2. The number of para-hydroxylation sites is 1. The third kappa shape index (κ3) is 7.53. The summed E-state index contributed by atoms with van der Waals surface area (Å²) in [6.07, 6.45) is 2.52. The molecule has 2 aliphatic heterocycles. The maximum Gasteiger partial charge on any atom is -0.147 e. The number of amides is 1. The van der Waals surface area contributed by atoms with E-state index in [1.165, 1.54) is 11.8 Å². The molecule has 0 bridgehead atoms. The number of carbonyl (C=O) groups excluding carboxylic acids is 1. The fourth-order valence-corrected chi connectivity index (χ4v) is 7.80. The molecule has 0 saturated carbocycles. The van der Waals surface area contributed by atoms with Crippen molar-refractivity contribution in [3.05, 3.63) is 117 Å². The molecule has 5 rings (SSSR count). The fraction of sp³-hybridized carbons (Fsp3) is 0.226. The molecule has 1 unspecified atom stereocenters. The predicted molar refractivity (Wildman–Crippen MR) is 184 cm³/mol. The van der Waals surface area contributed by atoms with Crippen LogP contribution in [0.15, 0.2) is 95.3 Å². The minimum absolute atomic E-state index is 0. The number of rotatable bonds is 9. The Bertz CT molecular complexity index is 1490. The molecule has 0 spiro atoms. The molecule has 42 heavy (non-hydrogen) atoms. The van der Waals surface area contributed by atoms with Gasteiger partial charge in [0, 0.05) is 0 Å². The molecule has 1 N–H and O–H groups in total. The van der Waals surface area contributed by atoms with E-state index >= 15 is 0 Å². The van der Waals surface area contributed by atoms with Gasteiger partial charge in [-0.3, -0.25) is 0 Å². The van der Waals surface area contributed by atoms with Crippen LogP contribution in [-0.4, -0.2) is 44.3 Å². The summed E-state index contributed by atoms with van der Waals surface area (Å²) in [6.45, 7) is 0.647. The molecule has 1 atom stereocenters. The van der Waals surface area contributed by atoms with Gasteiger partial charge in [0.15, 0.2) is 0 Å². The number of allylic oxidation sites excluding steroid dienone is 1. The number of nitrogens with one attached hydrogen (secondary N) is 1. The Hall–Kier alpha value is -2.05. The largest absolute Gasteiger partial charge is 0.147 e. The summed E-state index contributed by atoms with van der Waals surface area (Å²) < 4.78 is 5.81. The summed E-state index contributed by atoms with van der Waals surface area (Å²) in [6, 6.07) is 23.0. The quantitative estimate of drug-likeness (QED) is 0.224. The first kappa shape index (κ1) is 34.4. The van der Waals surface area contributed by atoms with E-state index in [2.05, 4.69) is 33.8 Å². The number of amidine groups is 1. The number of fused-ring (bicyclic) bond motifs is 1. The topological polar surface area (TPSA) is 53.9 Å². The van der Waals surface area contributed by atoms with Gasteiger partial charge in [-0.2, -0.15) is 0 Å². The van der Waals surface area contributed by atoms with Gasteiger partial charge in [-0.05, 0) is 0 Å². The second-order valence-electron chi connectivity index (χ2n) is 9.72. The van der Waals surface area contributed by atoms with Crippen LogP contribution in [0.1, 0.15) is 22.7 Å².